The van der Waals surface area contributed by atoms with Crippen LogP contribution >= 0.6 is 0 Å². The normalized spacial score (nSPS) is 19.3. The van der Waals surface area contributed by atoms with Crippen molar-refractivity contribution in [1.82, 2.24) is 0 Å². The van der Waals surface area contributed by atoms with Crippen LogP contribution in [0.2, 0.25) is 0 Å². The highest BCUT2D eigenvalue weighted by Crippen LogP contribution is 2.23. The van der Waals surface area contributed by atoms with Crippen LogP contribution in [0.25, 0.3) is 0 Å². The molecule has 0 saturated carbocycles. The second-order valence-electron chi connectivity index (χ2n) is 4.26. The van der Waals surface area contributed by atoms with Crippen molar-refractivity contribution in [3.63, 3.8) is 0 Å². The van der Waals surface area contributed by atoms with Crippen molar-refractivity contribution in [2.45, 2.75) is 13.0 Å². The number of anilines is 1. The minimum Gasteiger partial charge on any atom is -0.479 e. The third kappa shape index (κ3) is 2.44. The highest BCUT2D eigenvalue weighted by Gasteiger charge is 2.26. The van der Waals surface area contributed by atoms with E-state index < -0.39 is 12.1 Å². The van der Waals surface area contributed by atoms with Crippen LogP contribution < -0.4 is 4.90 Å². The fourth-order valence-electron chi connectivity index (χ4n) is 2.10. The minimum atomic E-state index is -0.939. The number of nitriles is 1. The van der Waals surface area contributed by atoms with Gasteiger partial charge in [-0.15, -0.1) is 0 Å². The molecule has 1 aliphatic heterocycles. The molecule has 0 aromatic heterocycles. The standard InChI is InChI=1S/C13H14N2O3/c1-9-6-10(7-14)2-3-11(9)15-4-5-18-12(8-15)13(16)17/h2-3,6,12H,4-5,8H2,1H3,(H,16,17). The van der Waals surface area contributed by atoms with Crippen molar-refractivity contribution in [3.8, 4) is 6.07 Å². The molecule has 1 N–H and O–H groups in total. The van der Waals surface area contributed by atoms with Crippen molar-refractivity contribution in [3.05, 3.63) is 29.3 Å². The van der Waals surface area contributed by atoms with Crippen LogP contribution in [0.5, 0.6) is 0 Å². The van der Waals surface area contributed by atoms with E-state index in [1.165, 1.54) is 0 Å². The molecule has 2 rings (SSSR count). The molecular formula is C13H14N2O3. The molecule has 1 fully saturated rings. The zero-order chi connectivity index (χ0) is 13.1. The fraction of sp³-hybridized carbons (Fsp3) is 0.385. The Labute approximate surface area is 105 Å². The van der Waals surface area contributed by atoms with Crippen LogP contribution in [0.1, 0.15) is 11.1 Å². The Morgan fingerprint density at radius 3 is 3.00 bits per heavy atom. The first-order chi connectivity index (χ1) is 8.61. The molecule has 1 saturated heterocycles. The molecule has 5 heteroatoms. The quantitative estimate of drug-likeness (QED) is 0.847. The number of rotatable bonds is 2. The van der Waals surface area contributed by atoms with Crippen LogP contribution in [0.3, 0.4) is 0 Å². The molecule has 1 aromatic carbocycles. The van der Waals surface area contributed by atoms with E-state index in [0.717, 1.165) is 11.3 Å². The van der Waals surface area contributed by atoms with Gasteiger partial charge in [-0.3, -0.25) is 0 Å². The maximum atomic E-state index is 10.9. The van der Waals surface area contributed by atoms with E-state index in [9.17, 15) is 4.79 Å². The van der Waals surface area contributed by atoms with E-state index in [1.807, 2.05) is 17.9 Å². The van der Waals surface area contributed by atoms with Gasteiger partial charge in [0.05, 0.1) is 24.8 Å². The van der Waals surface area contributed by atoms with E-state index >= 15 is 0 Å². The van der Waals surface area contributed by atoms with Gasteiger partial charge in [-0.1, -0.05) is 0 Å². The van der Waals surface area contributed by atoms with Gasteiger partial charge in [-0.25, -0.2) is 4.79 Å². The van der Waals surface area contributed by atoms with Crippen LogP contribution in [0.15, 0.2) is 18.2 Å². The molecule has 1 atom stereocenters. The summed E-state index contributed by atoms with van der Waals surface area (Å²) in [5.74, 6) is -0.939. The van der Waals surface area contributed by atoms with Gasteiger partial charge in [0, 0.05) is 12.2 Å². The van der Waals surface area contributed by atoms with Gasteiger partial charge in [-0.2, -0.15) is 5.26 Å². The lowest BCUT2D eigenvalue weighted by Gasteiger charge is -2.33. The largest absolute Gasteiger partial charge is 0.479 e. The summed E-state index contributed by atoms with van der Waals surface area (Å²) in [5.41, 5.74) is 2.54. The Morgan fingerprint density at radius 2 is 2.39 bits per heavy atom. The molecule has 0 spiro atoms. The summed E-state index contributed by atoms with van der Waals surface area (Å²) in [6.07, 6.45) is -0.784. The number of ether oxygens (including phenoxy) is 1. The van der Waals surface area contributed by atoms with Gasteiger partial charge in [-0.05, 0) is 30.7 Å². The number of hydrogen-bond donors (Lipinski definition) is 1. The third-order valence-corrected chi connectivity index (χ3v) is 3.01. The second kappa shape index (κ2) is 5.07. The predicted octanol–water partition coefficient (Wildman–Crippen LogP) is 1.16. The molecule has 1 heterocycles. The Balaban J connectivity index is 2.21. The average Bonchev–Trinajstić information content (AvgIpc) is 2.38. The summed E-state index contributed by atoms with van der Waals surface area (Å²) in [5, 5.41) is 17.8. The number of aryl methyl sites for hydroxylation is 1. The smallest absolute Gasteiger partial charge is 0.334 e. The SMILES string of the molecule is Cc1cc(C#N)ccc1N1CCOC(C(=O)O)C1. The highest BCUT2D eigenvalue weighted by atomic mass is 16.5. The molecular weight excluding hydrogens is 232 g/mol. The highest BCUT2D eigenvalue weighted by molar-refractivity contribution is 5.74. The van der Waals surface area contributed by atoms with Crippen molar-refractivity contribution in [2.75, 3.05) is 24.6 Å². The second-order valence-corrected chi connectivity index (χ2v) is 4.26. The average molecular weight is 246 g/mol. The van der Waals surface area contributed by atoms with Gasteiger partial charge in [0.1, 0.15) is 0 Å². The van der Waals surface area contributed by atoms with E-state index in [4.69, 9.17) is 15.1 Å². The van der Waals surface area contributed by atoms with Crippen molar-refractivity contribution in [1.29, 1.82) is 5.26 Å². The van der Waals surface area contributed by atoms with Crippen molar-refractivity contribution < 1.29 is 14.6 Å². The summed E-state index contributed by atoms with van der Waals surface area (Å²) in [6, 6.07) is 7.50. The maximum Gasteiger partial charge on any atom is 0.334 e. The summed E-state index contributed by atoms with van der Waals surface area (Å²) in [6.45, 7) is 3.32. The van der Waals surface area contributed by atoms with Gasteiger partial charge < -0.3 is 14.7 Å². The molecule has 0 aliphatic carbocycles. The monoisotopic (exact) mass is 246 g/mol. The lowest BCUT2D eigenvalue weighted by Crippen LogP contribution is -2.46. The van der Waals surface area contributed by atoms with Gasteiger partial charge in [0.2, 0.25) is 0 Å². The Bertz CT molecular complexity index is 507. The van der Waals surface area contributed by atoms with E-state index in [1.54, 1.807) is 12.1 Å². The summed E-state index contributed by atoms with van der Waals surface area (Å²) >= 11 is 0. The third-order valence-electron chi connectivity index (χ3n) is 3.01. The van der Waals surface area contributed by atoms with Crippen molar-refractivity contribution in [2.24, 2.45) is 0 Å². The van der Waals surface area contributed by atoms with Crippen molar-refractivity contribution >= 4 is 11.7 Å². The summed E-state index contributed by atoms with van der Waals surface area (Å²) in [7, 11) is 0. The van der Waals surface area contributed by atoms with Gasteiger partial charge >= 0.3 is 5.97 Å². The first kappa shape index (κ1) is 12.4. The zero-order valence-corrected chi connectivity index (χ0v) is 10.1. The van der Waals surface area contributed by atoms with E-state index in [0.29, 0.717) is 25.3 Å². The van der Waals surface area contributed by atoms with Crippen LogP contribution in [-0.2, 0) is 9.53 Å². The molecule has 1 aromatic rings. The summed E-state index contributed by atoms with van der Waals surface area (Å²) in [4.78, 5) is 12.9. The number of carboxylic acids is 1. The number of morpholine rings is 1. The molecule has 1 aliphatic rings. The van der Waals surface area contributed by atoms with Crippen LogP contribution in [0, 0.1) is 18.3 Å². The Hall–Kier alpha value is -2.06. The maximum absolute atomic E-state index is 10.9. The molecule has 1 unspecified atom stereocenters. The number of carbonyl (C=O) groups is 1. The molecule has 18 heavy (non-hydrogen) atoms. The fourth-order valence-corrected chi connectivity index (χ4v) is 2.10. The molecule has 5 nitrogen and oxygen atoms in total. The van der Waals surface area contributed by atoms with Crippen LogP contribution in [-0.4, -0.2) is 36.9 Å². The molecule has 0 radical (unpaired) electrons. The molecule has 94 valence electrons. The molecule has 0 amide bonds. The van der Waals surface area contributed by atoms with E-state index in [2.05, 4.69) is 6.07 Å². The first-order valence-electron chi connectivity index (χ1n) is 5.72. The molecule has 0 bridgehead atoms. The number of nitrogens with zero attached hydrogens (tertiary/aromatic N) is 2. The van der Waals surface area contributed by atoms with Gasteiger partial charge in [0.15, 0.2) is 6.10 Å². The predicted molar refractivity (Wildman–Crippen MR) is 65.5 cm³/mol. The van der Waals surface area contributed by atoms with E-state index in [-0.39, 0.29) is 0 Å². The van der Waals surface area contributed by atoms with Gasteiger partial charge in [0.25, 0.3) is 0 Å². The van der Waals surface area contributed by atoms with Crippen LogP contribution in [0.4, 0.5) is 5.69 Å². The number of benzene rings is 1. The number of aliphatic carboxylic acids is 1. The lowest BCUT2D eigenvalue weighted by atomic mass is 10.1. The summed E-state index contributed by atoms with van der Waals surface area (Å²) < 4.78 is 5.18. The Kier molecular flexibility index (Phi) is 3.49. The Morgan fingerprint density at radius 1 is 1.61 bits per heavy atom. The first-order valence-corrected chi connectivity index (χ1v) is 5.72. The topological polar surface area (TPSA) is 73.6 Å². The number of carboxylic acid groups (broad SMARTS) is 1. The zero-order valence-electron chi connectivity index (χ0n) is 10.1. The minimum absolute atomic E-state index is 0.335. The lowest BCUT2D eigenvalue weighted by molar-refractivity contribution is -0.150. The number of hydrogen-bond acceptors (Lipinski definition) is 4.